The maximum Gasteiger partial charge on any atom is 0.326 e. The van der Waals surface area contributed by atoms with Gasteiger partial charge in [0.15, 0.2) is 0 Å². The summed E-state index contributed by atoms with van der Waals surface area (Å²) >= 11 is 0. The number of rotatable bonds is 15. The average molecular weight is 553 g/mol. The van der Waals surface area contributed by atoms with Crippen molar-refractivity contribution >= 4 is 34.6 Å². The molecule has 0 aliphatic rings. The number of phenols is 1. The fraction of sp³-hybridized carbons (Fsp3) is 0.357. The molecule has 0 fully saturated rings. The fourth-order valence-electron chi connectivity index (χ4n) is 4.25. The summed E-state index contributed by atoms with van der Waals surface area (Å²) in [4.78, 5) is 53.2. The van der Waals surface area contributed by atoms with Gasteiger partial charge in [0.25, 0.3) is 0 Å². The molecule has 3 amide bonds. The number of carboxylic acids is 1. The van der Waals surface area contributed by atoms with Crippen molar-refractivity contribution in [1.82, 2.24) is 20.9 Å². The van der Waals surface area contributed by atoms with Crippen LogP contribution in [0.25, 0.3) is 10.9 Å². The van der Waals surface area contributed by atoms with Crippen LogP contribution in [0.4, 0.5) is 0 Å². The highest BCUT2D eigenvalue weighted by atomic mass is 16.4. The van der Waals surface area contributed by atoms with Gasteiger partial charge in [0.05, 0.1) is 12.6 Å². The van der Waals surface area contributed by atoms with Gasteiger partial charge in [0.2, 0.25) is 17.7 Å². The number of amides is 3. The largest absolute Gasteiger partial charge is 0.508 e. The Kier molecular flexibility index (Phi) is 11.0. The van der Waals surface area contributed by atoms with Crippen LogP contribution in [-0.4, -0.2) is 70.1 Å². The number of hydrogen-bond donors (Lipinski definition) is 8. The molecule has 0 aliphatic heterocycles. The van der Waals surface area contributed by atoms with Gasteiger partial charge in [-0.2, -0.15) is 0 Å². The first kappa shape index (κ1) is 30.1. The molecule has 214 valence electrons. The molecule has 0 bridgehead atoms. The molecule has 0 aliphatic carbocycles. The summed E-state index contributed by atoms with van der Waals surface area (Å²) in [6.45, 7) is -0.0200. The Morgan fingerprint density at radius 1 is 0.900 bits per heavy atom. The van der Waals surface area contributed by atoms with E-state index in [4.69, 9.17) is 11.5 Å². The number of para-hydroxylation sites is 1. The van der Waals surface area contributed by atoms with Gasteiger partial charge in [-0.25, -0.2) is 4.79 Å². The summed E-state index contributed by atoms with van der Waals surface area (Å²) in [5.41, 5.74) is 13.7. The summed E-state index contributed by atoms with van der Waals surface area (Å²) in [5, 5.41) is 27.6. The normalized spacial score (nSPS) is 13.2. The maximum atomic E-state index is 13.0. The standard InChI is InChI=1S/C28H36N6O6/c29-12-4-3-6-21(30)26(37)34-23(13-17-8-10-19(35)11-9-17)27(38)32-16-25(36)33-24(28(39)40)14-18-15-31-22-7-2-1-5-20(18)22/h1-2,5,7-11,15,21,23-24,31,35H,3-4,6,12-14,16,29-30H2,(H,32,38)(H,33,36)(H,34,37)(H,39,40). The van der Waals surface area contributed by atoms with E-state index < -0.39 is 48.4 Å². The summed E-state index contributed by atoms with van der Waals surface area (Å²) in [6, 6.07) is 10.4. The first-order valence-electron chi connectivity index (χ1n) is 13.1. The van der Waals surface area contributed by atoms with E-state index in [1.54, 1.807) is 18.3 Å². The second kappa shape index (κ2) is 14.7. The SMILES string of the molecule is NCCCCC(N)C(=O)NC(Cc1ccc(O)cc1)C(=O)NCC(=O)NC(Cc1c[nH]c2ccccc12)C(=O)O. The first-order chi connectivity index (χ1) is 19.2. The highest BCUT2D eigenvalue weighted by Gasteiger charge is 2.26. The number of aromatic amines is 1. The molecule has 3 rings (SSSR count). The van der Waals surface area contributed by atoms with Gasteiger partial charge in [0, 0.05) is 29.9 Å². The van der Waals surface area contributed by atoms with Gasteiger partial charge >= 0.3 is 5.97 Å². The number of H-pyrrole nitrogens is 1. The van der Waals surface area contributed by atoms with Crippen LogP contribution in [0, 0.1) is 0 Å². The van der Waals surface area contributed by atoms with E-state index in [0.29, 0.717) is 31.4 Å². The van der Waals surface area contributed by atoms with Crippen molar-refractivity contribution in [3.05, 3.63) is 65.9 Å². The van der Waals surface area contributed by atoms with Crippen molar-refractivity contribution in [1.29, 1.82) is 0 Å². The molecular formula is C28H36N6O6. The molecule has 3 aromatic rings. The molecule has 0 spiro atoms. The zero-order valence-corrected chi connectivity index (χ0v) is 22.1. The lowest BCUT2D eigenvalue weighted by molar-refractivity contribution is -0.141. The van der Waals surface area contributed by atoms with E-state index in [-0.39, 0.29) is 18.6 Å². The Hall–Kier alpha value is -4.42. The number of carbonyl (C=O) groups is 4. The van der Waals surface area contributed by atoms with Crippen LogP contribution in [-0.2, 0) is 32.0 Å². The second-order valence-corrected chi connectivity index (χ2v) is 9.56. The average Bonchev–Trinajstić information content (AvgIpc) is 3.34. The number of carbonyl (C=O) groups excluding carboxylic acids is 3. The minimum Gasteiger partial charge on any atom is -0.508 e. The van der Waals surface area contributed by atoms with Gasteiger partial charge < -0.3 is 42.6 Å². The molecule has 3 atom stereocenters. The molecule has 12 nitrogen and oxygen atoms in total. The molecule has 3 unspecified atom stereocenters. The Labute approximate surface area is 231 Å². The van der Waals surface area contributed by atoms with Crippen LogP contribution < -0.4 is 27.4 Å². The number of unbranched alkanes of at least 4 members (excludes halogenated alkanes) is 1. The number of carboxylic acid groups (broad SMARTS) is 1. The van der Waals surface area contributed by atoms with Crippen LogP contribution in [0.3, 0.4) is 0 Å². The fourth-order valence-corrected chi connectivity index (χ4v) is 4.25. The third kappa shape index (κ3) is 8.82. The number of nitrogens with two attached hydrogens (primary N) is 2. The van der Waals surface area contributed by atoms with Crippen molar-refractivity contribution in [2.45, 2.75) is 50.2 Å². The number of aromatic nitrogens is 1. The van der Waals surface area contributed by atoms with E-state index >= 15 is 0 Å². The minimum absolute atomic E-state index is 0.0423. The molecule has 2 aromatic carbocycles. The summed E-state index contributed by atoms with van der Waals surface area (Å²) in [5.74, 6) is -3.04. The monoisotopic (exact) mass is 552 g/mol. The molecule has 0 saturated carbocycles. The summed E-state index contributed by atoms with van der Waals surface area (Å²) < 4.78 is 0. The maximum absolute atomic E-state index is 13.0. The van der Waals surface area contributed by atoms with E-state index in [0.717, 1.165) is 16.5 Å². The zero-order chi connectivity index (χ0) is 29.1. The Morgan fingerprint density at radius 3 is 2.33 bits per heavy atom. The van der Waals surface area contributed by atoms with Crippen molar-refractivity contribution in [2.24, 2.45) is 11.5 Å². The molecule has 0 radical (unpaired) electrons. The number of benzene rings is 2. The van der Waals surface area contributed by atoms with Crippen LogP contribution in [0.5, 0.6) is 5.75 Å². The first-order valence-corrected chi connectivity index (χ1v) is 13.1. The number of nitrogens with one attached hydrogen (secondary N) is 4. The summed E-state index contributed by atoms with van der Waals surface area (Å²) in [6.07, 6.45) is 3.58. The molecule has 12 heteroatoms. The van der Waals surface area contributed by atoms with Crippen molar-refractivity contribution < 1.29 is 29.4 Å². The number of phenolic OH excluding ortho intramolecular Hbond substituents is 1. The number of aliphatic carboxylic acids is 1. The molecule has 10 N–H and O–H groups in total. The van der Waals surface area contributed by atoms with Crippen LogP contribution in [0.15, 0.2) is 54.7 Å². The minimum atomic E-state index is -1.22. The molecule has 1 heterocycles. The topological polar surface area (TPSA) is 213 Å². The van der Waals surface area contributed by atoms with Gasteiger partial charge in [-0.1, -0.05) is 36.8 Å². The lowest BCUT2D eigenvalue weighted by Gasteiger charge is -2.21. The van der Waals surface area contributed by atoms with Crippen LogP contribution >= 0.6 is 0 Å². The van der Waals surface area contributed by atoms with E-state index in [1.165, 1.54) is 12.1 Å². The smallest absolute Gasteiger partial charge is 0.326 e. The third-order valence-corrected chi connectivity index (χ3v) is 6.47. The van der Waals surface area contributed by atoms with Crippen LogP contribution in [0.1, 0.15) is 30.4 Å². The molecular weight excluding hydrogens is 516 g/mol. The molecule has 1 aromatic heterocycles. The van der Waals surface area contributed by atoms with Crippen molar-refractivity contribution in [3.8, 4) is 5.75 Å². The van der Waals surface area contributed by atoms with Gasteiger partial charge in [0.1, 0.15) is 17.8 Å². The quantitative estimate of drug-likeness (QED) is 0.122. The van der Waals surface area contributed by atoms with Crippen molar-refractivity contribution in [2.75, 3.05) is 13.1 Å². The Morgan fingerprint density at radius 2 is 1.62 bits per heavy atom. The second-order valence-electron chi connectivity index (χ2n) is 9.56. The van der Waals surface area contributed by atoms with Gasteiger partial charge in [-0.15, -0.1) is 0 Å². The number of hydrogen-bond acceptors (Lipinski definition) is 7. The lowest BCUT2D eigenvalue weighted by atomic mass is 10.0. The van der Waals surface area contributed by atoms with E-state index in [2.05, 4.69) is 20.9 Å². The van der Waals surface area contributed by atoms with E-state index in [9.17, 15) is 29.4 Å². The Balaban J connectivity index is 1.61. The highest BCUT2D eigenvalue weighted by Crippen LogP contribution is 2.19. The highest BCUT2D eigenvalue weighted by molar-refractivity contribution is 5.93. The third-order valence-electron chi connectivity index (χ3n) is 6.47. The molecule has 0 saturated heterocycles. The van der Waals surface area contributed by atoms with Gasteiger partial charge in [-0.3, -0.25) is 14.4 Å². The predicted molar refractivity (Wildman–Crippen MR) is 149 cm³/mol. The van der Waals surface area contributed by atoms with Gasteiger partial charge in [-0.05, 0) is 48.7 Å². The summed E-state index contributed by atoms with van der Waals surface area (Å²) in [7, 11) is 0. The zero-order valence-electron chi connectivity index (χ0n) is 22.1. The number of fused-ring (bicyclic) bond motifs is 1. The molecule has 40 heavy (non-hydrogen) atoms. The number of aromatic hydroxyl groups is 1. The predicted octanol–water partition coefficient (Wildman–Crippen LogP) is 0.285. The van der Waals surface area contributed by atoms with E-state index in [1.807, 2.05) is 24.3 Å². The Bertz CT molecular complexity index is 1310. The van der Waals surface area contributed by atoms with Crippen LogP contribution in [0.2, 0.25) is 0 Å². The van der Waals surface area contributed by atoms with Crippen molar-refractivity contribution in [3.63, 3.8) is 0 Å². The lowest BCUT2D eigenvalue weighted by Crippen LogP contribution is -2.54.